The van der Waals surface area contributed by atoms with Crippen LogP contribution in [0.1, 0.15) is 18.5 Å². The molecule has 0 bridgehead atoms. The molecule has 0 amide bonds. The average Bonchev–Trinajstić information content (AvgIpc) is 3.00. The predicted octanol–water partition coefficient (Wildman–Crippen LogP) is 0.909. The lowest BCUT2D eigenvalue weighted by Gasteiger charge is -2.11. The Balaban J connectivity index is 2.03. The fourth-order valence-electron chi connectivity index (χ4n) is 2.32. The van der Waals surface area contributed by atoms with E-state index in [9.17, 15) is 14.0 Å². The molecule has 0 N–H and O–H groups in total. The lowest BCUT2D eigenvalue weighted by Crippen LogP contribution is -2.29. The minimum absolute atomic E-state index is 0.00425. The van der Waals surface area contributed by atoms with Crippen molar-refractivity contribution in [1.29, 1.82) is 0 Å². The van der Waals surface area contributed by atoms with E-state index in [2.05, 4.69) is 20.0 Å². The first-order valence-electron chi connectivity index (χ1n) is 7.14. The molecule has 0 aliphatic heterocycles. The molecule has 2 aromatic heterocycles. The van der Waals surface area contributed by atoms with Crippen LogP contribution in [-0.2, 0) is 16.1 Å². The number of hydrogen-bond donors (Lipinski definition) is 0. The molecule has 0 aliphatic rings. The van der Waals surface area contributed by atoms with Crippen molar-refractivity contribution in [2.45, 2.75) is 19.5 Å². The maximum atomic E-state index is 13.8. The normalized spacial score (nSPS) is 12.3. The maximum absolute atomic E-state index is 13.8. The van der Waals surface area contributed by atoms with Crippen LogP contribution in [0.3, 0.4) is 0 Å². The Morgan fingerprint density at radius 2 is 2.12 bits per heavy atom. The number of hydrogen-bond acceptors (Lipinski definition) is 6. The van der Waals surface area contributed by atoms with E-state index in [1.165, 1.54) is 31.1 Å². The summed E-state index contributed by atoms with van der Waals surface area (Å²) in [5.41, 5.74) is 0.108. The van der Waals surface area contributed by atoms with Crippen molar-refractivity contribution < 1.29 is 13.9 Å². The highest BCUT2D eigenvalue weighted by atomic mass is 19.1. The summed E-state index contributed by atoms with van der Waals surface area (Å²) in [6.07, 6.45) is 1.23. The topological polar surface area (TPSA) is 91.9 Å². The van der Waals surface area contributed by atoms with Crippen LogP contribution in [0.25, 0.3) is 11.2 Å². The fraction of sp³-hybridized carbons (Fsp3) is 0.267. The molecule has 1 atom stereocenters. The van der Waals surface area contributed by atoms with Gasteiger partial charge in [0.2, 0.25) is 0 Å². The summed E-state index contributed by atoms with van der Waals surface area (Å²) in [6, 6.07) is 5.41. The lowest BCUT2D eigenvalue weighted by atomic mass is 10.2. The van der Waals surface area contributed by atoms with E-state index in [4.69, 9.17) is 0 Å². The Morgan fingerprint density at radius 3 is 2.83 bits per heavy atom. The van der Waals surface area contributed by atoms with Crippen LogP contribution in [0.2, 0.25) is 0 Å². The second-order valence-corrected chi connectivity index (χ2v) is 5.17. The fourth-order valence-corrected chi connectivity index (χ4v) is 2.32. The number of halogens is 1. The summed E-state index contributed by atoms with van der Waals surface area (Å²) >= 11 is 0. The zero-order chi connectivity index (χ0) is 17.3. The van der Waals surface area contributed by atoms with E-state index in [-0.39, 0.29) is 23.5 Å². The molecule has 8 nitrogen and oxygen atoms in total. The summed E-state index contributed by atoms with van der Waals surface area (Å²) in [5.74, 6) is -0.953. The van der Waals surface area contributed by atoms with E-state index in [1.807, 2.05) is 0 Å². The predicted molar refractivity (Wildman–Crippen MR) is 81.8 cm³/mol. The number of nitrogens with zero attached hydrogens (tertiary/aromatic N) is 5. The molecule has 3 rings (SSSR count). The van der Waals surface area contributed by atoms with Crippen LogP contribution in [0.15, 0.2) is 35.4 Å². The van der Waals surface area contributed by atoms with Gasteiger partial charge in [-0.25, -0.2) is 18.9 Å². The Kier molecular flexibility index (Phi) is 4.07. The number of aromatic nitrogens is 5. The highest BCUT2D eigenvalue weighted by molar-refractivity contribution is 5.74. The summed E-state index contributed by atoms with van der Waals surface area (Å²) in [6.45, 7) is 1.61. The SMILES string of the molecule is COC(=O)[C@H](C)n1cnc2c(nnn2Cc2ccccc2F)c1=O. The number of carbonyl (C=O) groups excluding carboxylic acids is 1. The number of ether oxygens (including phenoxy) is 1. The summed E-state index contributed by atoms with van der Waals surface area (Å²) in [4.78, 5) is 28.2. The second kappa shape index (κ2) is 6.19. The van der Waals surface area contributed by atoms with Gasteiger partial charge in [0.1, 0.15) is 18.2 Å². The Bertz CT molecular complexity index is 965. The molecule has 0 spiro atoms. The molecule has 2 heterocycles. The molecule has 0 aliphatic carbocycles. The third-order valence-corrected chi connectivity index (χ3v) is 3.69. The molecule has 124 valence electrons. The van der Waals surface area contributed by atoms with Gasteiger partial charge in [0, 0.05) is 5.56 Å². The monoisotopic (exact) mass is 331 g/mol. The molecular formula is C15H14FN5O3. The van der Waals surface area contributed by atoms with Crippen molar-refractivity contribution >= 4 is 17.1 Å². The first kappa shape index (κ1) is 15.8. The molecule has 0 unspecified atom stereocenters. The Morgan fingerprint density at radius 1 is 1.38 bits per heavy atom. The molecular weight excluding hydrogens is 317 g/mol. The van der Waals surface area contributed by atoms with Gasteiger partial charge in [0.25, 0.3) is 5.56 Å². The zero-order valence-corrected chi connectivity index (χ0v) is 13.0. The Hall–Kier alpha value is -3.10. The third-order valence-electron chi connectivity index (χ3n) is 3.69. The number of fused-ring (bicyclic) bond motifs is 1. The Labute approximate surface area is 135 Å². The van der Waals surface area contributed by atoms with Crippen molar-refractivity contribution in [2.24, 2.45) is 0 Å². The summed E-state index contributed by atoms with van der Waals surface area (Å²) < 4.78 is 20.8. The number of methoxy groups -OCH3 is 1. The van der Waals surface area contributed by atoms with Crippen LogP contribution in [0.5, 0.6) is 0 Å². The molecule has 0 saturated carbocycles. The quantitative estimate of drug-likeness (QED) is 0.660. The molecule has 24 heavy (non-hydrogen) atoms. The van der Waals surface area contributed by atoms with Gasteiger partial charge < -0.3 is 4.74 Å². The first-order chi connectivity index (χ1) is 11.5. The zero-order valence-electron chi connectivity index (χ0n) is 13.0. The van der Waals surface area contributed by atoms with Crippen LogP contribution in [0, 0.1) is 5.82 Å². The number of carbonyl (C=O) groups is 1. The van der Waals surface area contributed by atoms with Crippen molar-refractivity contribution in [3.8, 4) is 0 Å². The van der Waals surface area contributed by atoms with Crippen LogP contribution in [-0.4, -0.2) is 37.6 Å². The summed E-state index contributed by atoms with van der Waals surface area (Å²) in [7, 11) is 1.24. The van der Waals surface area contributed by atoms with Gasteiger partial charge in [-0.1, -0.05) is 23.4 Å². The van der Waals surface area contributed by atoms with E-state index in [0.29, 0.717) is 5.56 Å². The average molecular weight is 331 g/mol. The highest BCUT2D eigenvalue weighted by Crippen LogP contribution is 2.12. The molecule has 1 aromatic carbocycles. The van der Waals surface area contributed by atoms with E-state index < -0.39 is 17.6 Å². The minimum atomic E-state index is -0.837. The van der Waals surface area contributed by atoms with Crippen molar-refractivity contribution in [1.82, 2.24) is 24.5 Å². The van der Waals surface area contributed by atoms with Gasteiger partial charge in [0.05, 0.1) is 13.7 Å². The molecule has 3 aromatic rings. The third kappa shape index (κ3) is 2.64. The van der Waals surface area contributed by atoms with Crippen molar-refractivity contribution in [3.05, 3.63) is 52.3 Å². The van der Waals surface area contributed by atoms with Gasteiger partial charge in [-0.2, -0.15) is 0 Å². The number of rotatable bonds is 4. The molecule has 0 radical (unpaired) electrons. The van der Waals surface area contributed by atoms with Gasteiger partial charge >= 0.3 is 5.97 Å². The van der Waals surface area contributed by atoms with Gasteiger partial charge in [-0.15, -0.1) is 5.10 Å². The number of benzene rings is 1. The second-order valence-electron chi connectivity index (χ2n) is 5.17. The van der Waals surface area contributed by atoms with Crippen LogP contribution < -0.4 is 5.56 Å². The molecule has 0 fully saturated rings. The largest absolute Gasteiger partial charge is 0.467 e. The maximum Gasteiger partial charge on any atom is 0.328 e. The highest BCUT2D eigenvalue weighted by Gasteiger charge is 2.20. The molecule has 0 saturated heterocycles. The van der Waals surface area contributed by atoms with Crippen molar-refractivity contribution in [2.75, 3.05) is 7.11 Å². The van der Waals surface area contributed by atoms with E-state index >= 15 is 0 Å². The van der Waals surface area contributed by atoms with Gasteiger partial charge in [-0.3, -0.25) is 9.36 Å². The number of esters is 1. The smallest absolute Gasteiger partial charge is 0.328 e. The first-order valence-corrected chi connectivity index (χ1v) is 7.14. The van der Waals surface area contributed by atoms with Crippen LogP contribution in [0.4, 0.5) is 4.39 Å². The van der Waals surface area contributed by atoms with E-state index in [0.717, 1.165) is 4.57 Å². The minimum Gasteiger partial charge on any atom is -0.467 e. The summed E-state index contributed by atoms with van der Waals surface area (Å²) in [5, 5.41) is 7.68. The van der Waals surface area contributed by atoms with Crippen LogP contribution >= 0.6 is 0 Å². The van der Waals surface area contributed by atoms with E-state index in [1.54, 1.807) is 18.2 Å². The molecule has 9 heteroatoms. The standard InChI is InChI=1S/C15H14FN5O3/c1-9(15(23)24-2)20-8-17-13-12(14(20)22)18-19-21(13)7-10-5-3-4-6-11(10)16/h3-6,8-9H,7H2,1-2H3/t9-/m0/s1. The lowest BCUT2D eigenvalue weighted by molar-refractivity contribution is -0.144. The van der Waals surface area contributed by atoms with Gasteiger partial charge in [0.15, 0.2) is 11.2 Å². The van der Waals surface area contributed by atoms with Crippen molar-refractivity contribution in [3.63, 3.8) is 0 Å². The van der Waals surface area contributed by atoms with Gasteiger partial charge in [-0.05, 0) is 13.0 Å².